The number of hydrogen-bond acceptors (Lipinski definition) is 2. The van der Waals surface area contributed by atoms with Crippen molar-refractivity contribution in [1.29, 1.82) is 0 Å². The molecule has 0 amide bonds. The predicted molar refractivity (Wildman–Crippen MR) is 58.9 cm³/mol. The van der Waals surface area contributed by atoms with Gasteiger partial charge >= 0.3 is 0 Å². The van der Waals surface area contributed by atoms with Gasteiger partial charge in [0.2, 0.25) is 0 Å². The Labute approximate surface area is 87.7 Å². The Kier molecular flexibility index (Phi) is 4.84. The Morgan fingerprint density at radius 2 is 1.93 bits per heavy atom. The molecule has 0 aliphatic rings. The summed E-state index contributed by atoms with van der Waals surface area (Å²) in [5, 5.41) is 0. The van der Waals surface area contributed by atoms with Gasteiger partial charge in [-0.05, 0) is 26.0 Å². The van der Waals surface area contributed by atoms with Crippen molar-refractivity contribution < 1.29 is 8.95 Å². The molecule has 0 saturated carbocycles. The van der Waals surface area contributed by atoms with Crippen LogP contribution >= 0.6 is 0 Å². The lowest BCUT2D eigenvalue weighted by Gasteiger charge is -2.02. The lowest BCUT2D eigenvalue weighted by atomic mass is 10.2. The van der Waals surface area contributed by atoms with Gasteiger partial charge < -0.3 is 4.74 Å². The molecule has 2 nitrogen and oxygen atoms in total. The van der Waals surface area contributed by atoms with Crippen LogP contribution in [0, 0.1) is 6.92 Å². The van der Waals surface area contributed by atoms with Crippen molar-refractivity contribution in [2.75, 3.05) is 19.0 Å². The molecule has 3 heteroatoms. The summed E-state index contributed by atoms with van der Waals surface area (Å²) in [6.07, 6.45) is 0. The second-order valence-corrected chi connectivity index (χ2v) is 4.63. The predicted octanol–water partition coefficient (Wildman–Crippen LogP) is 2.14. The zero-order valence-electron chi connectivity index (χ0n) is 8.66. The zero-order valence-corrected chi connectivity index (χ0v) is 9.47. The van der Waals surface area contributed by atoms with E-state index in [1.807, 2.05) is 38.1 Å². The van der Waals surface area contributed by atoms with E-state index < -0.39 is 10.8 Å². The summed E-state index contributed by atoms with van der Waals surface area (Å²) in [7, 11) is -0.918. The largest absolute Gasteiger partial charge is 0.381 e. The van der Waals surface area contributed by atoms with Crippen molar-refractivity contribution in [3.63, 3.8) is 0 Å². The molecule has 0 saturated heterocycles. The van der Waals surface area contributed by atoms with Gasteiger partial charge in [-0.1, -0.05) is 17.7 Å². The minimum atomic E-state index is -0.918. The maximum atomic E-state index is 11.7. The molecule has 0 spiro atoms. The third-order valence-electron chi connectivity index (χ3n) is 1.90. The second kappa shape index (κ2) is 5.94. The van der Waals surface area contributed by atoms with Crippen molar-refractivity contribution in [2.24, 2.45) is 0 Å². The third kappa shape index (κ3) is 3.60. The molecular formula is C11H16O2S. The summed E-state index contributed by atoms with van der Waals surface area (Å²) in [4.78, 5) is 0.885. The van der Waals surface area contributed by atoms with Gasteiger partial charge in [-0.3, -0.25) is 4.21 Å². The molecule has 14 heavy (non-hydrogen) atoms. The lowest BCUT2D eigenvalue weighted by molar-refractivity contribution is 0.164. The maximum absolute atomic E-state index is 11.7. The zero-order chi connectivity index (χ0) is 10.4. The van der Waals surface area contributed by atoms with Gasteiger partial charge in [-0.25, -0.2) is 0 Å². The molecule has 1 aromatic rings. The number of benzene rings is 1. The first kappa shape index (κ1) is 11.4. The van der Waals surface area contributed by atoms with Crippen LogP contribution in [0.15, 0.2) is 29.2 Å². The first-order valence-corrected chi connectivity index (χ1v) is 6.08. The highest BCUT2D eigenvalue weighted by Gasteiger charge is 2.02. The lowest BCUT2D eigenvalue weighted by Crippen LogP contribution is -2.06. The van der Waals surface area contributed by atoms with Crippen LogP contribution in [0.4, 0.5) is 0 Å². The van der Waals surface area contributed by atoms with Crippen molar-refractivity contribution in [3.05, 3.63) is 29.8 Å². The van der Waals surface area contributed by atoms with E-state index in [-0.39, 0.29) is 0 Å². The van der Waals surface area contributed by atoms with Crippen LogP contribution in [0.1, 0.15) is 12.5 Å². The molecule has 1 atom stereocenters. The first-order valence-electron chi connectivity index (χ1n) is 4.77. The quantitative estimate of drug-likeness (QED) is 0.699. The van der Waals surface area contributed by atoms with Crippen molar-refractivity contribution >= 4 is 10.8 Å². The molecule has 0 fully saturated rings. The van der Waals surface area contributed by atoms with E-state index in [1.165, 1.54) is 5.56 Å². The van der Waals surface area contributed by atoms with Gasteiger partial charge in [0.15, 0.2) is 0 Å². The Morgan fingerprint density at radius 1 is 1.29 bits per heavy atom. The van der Waals surface area contributed by atoms with Crippen LogP contribution in [-0.4, -0.2) is 23.2 Å². The maximum Gasteiger partial charge on any atom is 0.0585 e. The van der Waals surface area contributed by atoms with E-state index in [0.29, 0.717) is 19.0 Å². The smallest absolute Gasteiger partial charge is 0.0585 e. The van der Waals surface area contributed by atoms with E-state index in [0.717, 1.165) is 4.90 Å². The summed E-state index contributed by atoms with van der Waals surface area (Å²) in [6, 6.07) is 7.79. The summed E-state index contributed by atoms with van der Waals surface area (Å²) in [5.74, 6) is 0.580. The summed E-state index contributed by atoms with van der Waals surface area (Å²) in [5.41, 5.74) is 1.19. The van der Waals surface area contributed by atoms with Gasteiger partial charge in [-0.2, -0.15) is 0 Å². The van der Waals surface area contributed by atoms with Crippen LogP contribution in [0.3, 0.4) is 0 Å². The topological polar surface area (TPSA) is 26.3 Å². The molecule has 0 heterocycles. The van der Waals surface area contributed by atoms with E-state index in [1.54, 1.807) is 0 Å². The van der Waals surface area contributed by atoms with Gasteiger partial charge in [0, 0.05) is 11.5 Å². The summed E-state index contributed by atoms with van der Waals surface area (Å²) >= 11 is 0. The minimum Gasteiger partial charge on any atom is -0.381 e. The van der Waals surface area contributed by atoms with Crippen LogP contribution < -0.4 is 0 Å². The molecular weight excluding hydrogens is 196 g/mol. The highest BCUT2D eigenvalue weighted by atomic mass is 32.2. The summed E-state index contributed by atoms with van der Waals surface area (Å²) in [6.45, 7) is 5.21. The molecule has 0 radical (unpaired) electrons. The highest BCUT2D eigenvalue weighted by Crippen LogP contribution is 2.08. The van der Waals surface area contributed by atoms with Crippen LogP contribution in [0.2, 0.25) is 0 Å². The standard InChI is InChI=1S/C11H16O2S/c1-3-13-8-9-14(12)11-6-4-10(2)5-7-11/h4-7H,3,8-9H2,1-2H3/t14-/m1/s1. The van der Waals surface area contributed by atoms with Crippen molar-refractivity contribution in [3.8, 4) is 0 Å². The van der Waals surface area contributed by atoms with E-state index >= 15 is 0 Å². The summed E-state index contributed by atoms with van der Waals surface area (Å²) < 4.78 is 16.8. The molecule has 0 bridgehead atoms. The van der Waals surface area contributed by atoms with Gasteiger partial charge in [0.1, 0.15) is 0 Å². The Bertz CT molecular complexity index is 293. The van der Waals surface area contributed by atoms with E-state index in [9.17, 15) is 4.21 Å². The van der Waals surface area contributed by atoms with Gasteiger partial charge in [0.05, 0.1) is 23.2 Å². The molecule has 0 aromatic heterocycles. The van der Waals surface area contributed by atoms with Crippen molar-refractivity contribution in [2.45, 2.75) is 18.7 Å². The fourth-order valence-corrected chi connectivity index (χ4v) is 2.03. The van der Waals surface area contributed by atoms with Crippen LogP contribution in [0.25, 0.3) is 0 Å². The van der Waals surface area contributed by atoms with Crippen LogP contribution in [-0.2, 0) is 15.5 Å². The monoisotopic (exact) mass is 212 g/mol. The number of ether oxygens (including phenoxy) is 1. The fraction of sp³-hybridized carbons (Fsp3) is 0.455. The average Bonchev–Trinajstić information content (AvgIpc) is 2.19. The Hall–Kier alpha value is -0.670. The molecule has 0 N–H and O–H groups in total. The molecule has 0 aliphatic heterocycles. The molecule has 1 rings (SSSR count). The van der Waals surface area contributed by atoms with Gasteiger partial charge in [-0.15, -0.1) is 0 Å². The average molecular weight is 212 g/mol. The molecule has 78 valence electrons. The highest BCUT2D eigenvalue weighted by molar-refractivity contribution is 7.85. The van der Waals surface area contributed by atoms with E-state index in [2.05, 4.69) is 0 Å². The third-order valence-corrected chi connectivity index (χ3v) is 3.24. The normalized spacial score (nSPS) is 12.7. The number of rotatable bonds is 5. The molecule has 1 aromatic carbocycles. The SMILES string of the molecule is CCOCC[S@@](=O)c1ccc(C)cc1. The minimum absolute atomic E-state index is 0.566. The number of hydrogen-bond donors (Lipinski definition) is 0. The van der Waals surface area contributed by atoms with Crippen molar-refractivity contribution in [1.82, 2.24) is 0 Å². The van der Waals surface area contributed by atoms with Gasteiger partial charge in [0.25, 0.3) is 0 Å². The fourth-order valence-electron chi connectivity index (χ4n) is 1.09. The second-order valence-electron chi connectivity index (χ2n) is 3.06. The Morgan fingerprint density at radius 3 is 2.50 bits per heavy atom. The van der Waals surface area contributed by atoms with Crippen LogP contribution in [0.5, 0.6) is 0 Å². The molecule has 0 unspecified atom stereocenters. The Balaban J connectivity index is 2.48. The first-order chi connectivity index (χ1) is 6.74. The molecule has 0 aliphatic carbocycles. The van der Waals surface area contributed by atoms with E-state index in [4.69, 9.17) is 4.74 Å². The number of aryl methyl sites for hydroxylation is 1.